The highest BCUT2D eigenvalue weighted by molar-refractivity contribution is 5.94. The quantitative estimate of drug-likeness (QED) is 0.882. The Labute approximate surface area is 111 Å². The van der Waals surface area contributed by atoms with Gasteiger partial charge in [-0.05, 0) is 26.0 Å². The summed E-state index contributed by atoms with van der Waals surface area (Å²) in [7, 11) is 1.58. The third-order valence-corrected chi connectivity index (χ3v) is 2.65. The molecule has 1 heterocycles. The molecule has 1 unspecified atom stereocenters. The summed E-state index contributed by atoms with van der Waals surface area (Å²) < 4.78 is 0. The summed E-state index contributed by atoms with van der Waals surface area (Å²) in [6, 6.07) is 4.79. The molecule has 100 valence electrons. The van der Waals surface area contributed by atoms with Crippen molar-refractivity contribution >= 4 is 11.9 Å². The third-order valence-electron chi connectivity index (χ3n) is 2.65. The fourth-order valence-electron chi connectivity index (χ4n) is 1.64. The van der Waals surface area contributed by atoms with Gasteiger partial charge in [0.1, 0.15) is 5.69 Å². The maximum absolute atomic E-state index is 12.0. The molecule has 0 fully saturated rings. The van der Waals surface area contributed by atoms with E-state index >= 15 is 0 Å². The molecule has 19 heavy (non-hydrogen) atoms. The Hall–Kier alpha value is -2.42. The number of carboxylic acids is 1. The van der Waals surface area contributed by atoms with Crippen LogP contribution in [0, 0.1) is 24.2 Å². The Morgan fingerprint density at radius 2 is 2.16 bits per heavy atom. The van der Waals surface area contributed by atoms with Gasteiger partial charge in [0.15, 0.2) is 0 Å². The molecule has 0 saturated carbocycles. The van der Waals surface area contributed by atoms with Gasteiger partial charge in [-0.2, -0.15) is 5.26 Å². The van der Waals surface area contributed by atoms with Crippen LogP contribution in [0.1, 0.15) is 33.5 Å². The molecular formula is C13H15N3O3. The number of carboxylic acid groups (broad SMARTS) is 1. The highest BCUT2D eigenvalue weighted by Gasteiger charge is 2.17. The lowest BCUT2D eigenvalue weighted by atomic mass is 10.1. The van der Waals surface area contributed by atoms with Gasteiger partial charge in [0, 0.05) is 13.6 Å². The molecule has 1 aromatic heterocycles. The standard InChI is InChI=1S/C13H15N3O3/c1-8(6-14)7-16(3)12(17)11-5-4-10(13(18)19)9(2)15-11/h4-5,8H,7H2,1-3H3,(H,18,19). The first kappa shape index (κ1) is 14.6. The molecule has 0 radical (unpaired) electrons. The number of carbonyl (C=O) groups excluding carboxylic acids is 1. The maximum atomic E-state index is 12.0. The molecule has 1 amide bonds. The van der Waals surface area contributed by atoms with Gasteiger partial charge in [-0.25, -0.2) is 9.78 Å². The van der Waals surface area contributed by atoms with Crippen molar-refractivity contribution in [3.63, 3.8) is 0 Å². The van der Waals surface area contributed by atoms with Crippen LogP contribution in [0.3, 0.4) is 0 Å². The zero-order valence-corrected chi connectivity index (χ0v) is 11.0. The van der Waals surface area contributed by atoms with Crippen molar-refractivity contribution in [3.05, 3.63) is 29.1 Å². The van der Waals surface area contributed by atoms with E-state index in [2.05, 4.69) is 4.98 Å². The number of rotatable bonds is 4. The molecular weight excluding hydrogens is 246 g/mol. The van der Waals surface area contributed by atoms with Crippen LogP contribution in [0.2, 0.25) is 0 Å². The van der Waals surface area contributed by atoms with Gasteiger partial charge in [0.25, 0.3) is 5.91 Å². The highest BCUT2D eigenvalue weighted by atomic mass is 16.4. The van der Waals surface area contributed by atoms with Crippen LogP contribution in [-0.2, 0) is 0 Å². The molecule has 6 nitrogen and oxygen atoms in total. The van der Waals surface area contributed by atoms with Crippen LogP contribution in [0.15, 0.2) is 12.1 Å². The van der Waals surface area contributed by atoms with Gasteiger partial charge in [-0.3, -0.25) is 4.79 Å². The molecule has 0 aliphatic rings. The van der Waals surface area contributed by atoms with E-state index in [1.807, 2.05) is 6.07 Å². The first-order chi connectivity index (χ1) is 8.86. The van der Waals surface area contributed by atoms with E-state index in [4.69, 9.17) is 10.4 Å². The summed E-state index contributed by atoms with van der Waals surface area (Å²) in [5.41, 5.74) is 0.541. The lowest BCUT2D eigenvalue weighted by Crippen LogP contribution is -2.31. The molecule has 1 N–H and O–H groups in total. The van der Waals surface area contributed by atoms with Gasteiger partial charge in [-0.15, -0.1) is 0 Å². The number of nitriles is 1. The summed E-state index contributed by atoms with van der Waals surface area (Å²) in [5, 5.41) is 17.6. The van der Waals surface area contributed by atoms with Crippen molar-refractivity contribution in [3.8, 4) is 6.07 Å². The number of hydrogen-bond donors (Lipinski definition) is 1. The second-order valence-electron chi connectivity index (χ2n) is 4.35. The average Bonchev–Trinajstić information content (AvgIpc) is 2.36. The summed E-state index contributed by atoms with van der Waals surface area (Å²) in [5.74, 6) is -1.68. The maximum Gasteiger partial charge on any atom is 0.337 e. The second kappa shape index (κ2) is 5.96. The number of aromatic nitrogens is 1. The van der Waals surface area contributed by atoms with E-state index in [0.29, 0.717) is 12.2 Å². The zero-order chi connectivity index (χ0) is 14.6. The molecule has 0 aliphatic heterocycles. The normalized spacial score (nSPS) is 11.5. The number of pyridine rings is 1. The summed E-state index contributed by atoms with van der Waals surface area (Å²) in [6.07, 6.45) is 0. The number of carbonyl (C=O) groups is 2. The van der Waals surface area contributed by atoms with Gasteiger partial charge in [0.05, 0.1) is 23.2 Å². The Morgan fingerprint density at radius 3 is 2.63 bits per heavy atom. The number of amides is 1. The van der Waals surface area contributed by atoms with Crippen LogP contribution in [-0.4, -0.2) is 40.5 Å². The van der Waals surface area contributed by atoms with E-state index in [0.717, 1.165) is 0 Å². The van der Waals surface area contributed by atoms with Crippen LogP contribution in [0.4, 0.5) is 0 Å². The molecule has 6 heteroatoms. The van der Waals surface area contributed by atoms with Crippen LogP contribution >= 0.6 is 0 Å². The van der Waals surface area contributed by atoms with Crippen LogP contribution < -0.4 is 0 Å². The van der Waals surface area contributed by atoms with E-state index in [9.17, 15) is 9.59 Å². The summed E-state index contributed by atoms with van der Waals surface area (Å²) >= 11 is 0. The van der Waals surface area contributed by atoms with Crippen LogP contribution in [0.25, 0.3) is 0 Å². The van der Waals surface area contributed by atoms with Crippen molar-refractivity contribution in [2.45, 2.75) is 13.8 Å². The summed E-state index contributed by atoms with van der Waals surface area (Å²) in [6.45, 7) is 3.56. The average molecular weight is 261 g/mol. The number of aryl methyl sites for hydroxylation is 1. The van der Waals surface area contributed by atoms with Crippen molar-refractivity contribution in [2.24, 2.45) is 5.92 Å². The van der Waals surface area contributed by atoms with Gasteiger partial charge < -0.3 is 10.0 Å². The number of aromatic carboxylic acids is 1. The molecule has 0 saturated heterocycles. The third kappa shape index (κ3) is 3.52. The fraction of sp³-hybridized carbons (Fsp3) is 0.385. The lowest BCUT2D eigenvalue weighted by Gasteiger charge is -2.18. The van der Waals surface area contributed by atoms with Crippen molar-refractivity contribution in [1.29, 1.82) is 5.26 Å². The molecule has 1 rings (SSSR count). The summed E-state index contributed by atoms with van der Waals surface area (Å²) in [4.78, 5) is 28.3. The van der Waals surface area contributed by atoms with Crippen LogP contribution in [0.5, 0.6) is 0 Å². The minimum atomic E-state index is -1.07. The van der Waals surface area contributed by atoms with Gasteiger partial charge in [0.2, 0.25) is 0 Å². The first-order valence-electron chi connectivity index (χ1n) is 5.72. The minimum Gasteiger partial charge on any atom is -0.478 e. The lowest BCUT2D eigenvalue weighted by molar-refractivity contribution is 0.0693. The van der Waals surface area contributed by atoms with E-state index in [1.54, 1.807) is 14.0 Å². The molecule has 0 bridgehead atoms. The van der Waals surface area contributed by atoms with Gasteiger partial charge in [-0.1, -0.05) is 0 Å². The molecule has 0 aliphatic carbocycles. The van der Waals surface area contributed by atoms with Crippen molar-refractivity contribution in [2.75, 3.05) is 13.6 Å². The number of hydrogen-bond acceptors (Lipinski definition) is 4. The number of nitrogens with zero attached hydrogens (tertiary/aromatic N) is 3. The molecule has 0 spiro atoms. The smallest absolute Gasteiger partial charge is 0.337 e. The Bertz CT molecular complexity index is 549. The predicted molar refractivity (Wildman–Crippen MR) is 67.7 cm³/mol. The van der Waals surface area contributed by atoms with Gasteiger partial charge >= 0.3 is 5.97 Å². The highest BCUT2D eigenvalue weighted by Crippen LogP contribution is 2.09. The van der Waals surface area contributed by atoms with E-state index in [1.165, 1.54) is 24.0 Å². The largest absolute Gasteiger partial charge is 0.478 e. The SMILES string of the molecule is Cc1nc(C(=O)N(C)CC(C)C#N)ccc1C(=O)O. The van der Waals surface area contributed by atoms with E-state index < -0.39 is 5.97 Å². The second-order valence-corrected chi connectivity index (χ2v) is 4.35. The Kier molecular flexibility index (Phi) is 4.59. The molecule has 0 aromatic carbocycles. The minimum absolute atomic E-state index is 0.0737. The van der Waals surface area contributed by atoms with Crippen molar-refractivity contribution in [1.82, 2.24) is 9.88 Å². The monoisotopic (exact) mass is 261 g/mol. The zero-order valence-electron chi connectivity index (χ0n) is 11.0. The topological polar surface area (TPSA) is 94.3 Å². The van der Waals surface area contributed by atoms with Crippen molar-refractivity contribution < 1.29 is 14.7 Å². The Balaban J connectivity index is 2.92. The molecule has 1 aromatic rings. The Morgan fingerprint density at radius 1 is 1.53 bits per heavy atom. The first-order valence-corrected chi connectivity index (χ1v) is 5.72. The molecule has 1 atom stereocenters. The predicted octanol–water partition coefficient (Wildman–Crippen LogP) is 1.32. The fourth-order valence-corrected chi connectivity index (χ4v) is 1.64. The van der Waals surface area contributed by atoms with E-state index in [-0.39, 0.29) is 23.1 Å².